The fourth-order valence-electron chi connectivity index (χ4n) is 4.76. The van der Waals surface area contributed by atoms with Crippen LogP contribution in [0, 0.1) is 6.92 Å². The predicted molar refractivity (Wildman–Crippen MR) is 153 cm³/mol. The highest BCUT2D eigenvalue weighted by Crippen LogP contribution is 2.31. The van der Waals surface area contributed by atoms with E-state index in [1.807, 2.05) is 55.0 Å². The van der Waals surface area contributed by atoms with Crippen LogP contribution in [0.25, 0.3) is 16.6 Å². The van der Waals surface area contributed by atoms with Crippen LogP contribution < -0.4 is 25.0 Å². The molecule has 0 radical (unpaired) electrons. The zero-order chi connectivity index (χ0) is 27.9. The van der Waals surface area contributed by atoms with Crippen molar-refractivity contribution in [2.45, 2.75) is 32.9 Å². The number of ether oxygens (including phenoxy) is 3. The van der Waals surface area contributed by atoms with Gasteiger partial charge in [-0.25, -0.2) is 9.97 Å². The number of rotatable bonds is 8. The van der Waals surface area contributed by atoms with Gasteiger partial charge in [0.05, 0.1) is 31.1 Å². The number of piperazine rings is 1. The van der Waals surface area contributed by atoms with Crippen molar-refractivity contribution >= 4 is 34.3 Å². The number of benzene rings is 1. The van der Waals surface area contributed by atoms with Crippen molar-refractivity contribution in [2.24, 2.45) is 0 Å². The number of imidazole rings is 1. The third-order valence-electron chi connectivity index (χ3n) is 6.38. The molecular weight excluding hydrogens is 498 g/mol. The second-order valence-electron chi connectivity index (χ2n) is 9.55. The van der Waals surface area contributed by atoms with Crippen LogP contribution in [0.1, 0.15) is 29.9 Å². The predicted octanol–water partition coefficient (Wildman–Crippen LogP) is 3.35. The Hall–Kier alpha value is -3.96. The number of aldehydes is 1. The van der Waals surface area contributed by atoms with Crippen LogP contribution in [0.15, 0.2) is 36.7 Å². The fourth-order valence-corrected chi connectivity index (χ4v) is 4.76. The summed E-state index contributed by atoms with van der Waals surface area (Å²) in [7, 11) is 5.03. The number of hydrogen-bond acceptors (Lipinski definition) is 10. The van der Waals surface area contributed by atoms with Gasteiger partial charge in [0, 0.05) is 68.2 Å². The average Bonchev–Trinajstić information content (AvgIpc) is 3.31. The summed E-state index contributed by atoms with van der Waals surface area (Å²) in [6.07, 6.45) is 4.65. The van der Waals surface area contributed by atoms with Crippen LogP contribution in [0.5, 0.6) is 11.8 Å². The van der Waals surface area contributed by atoms with Crippen molar-refractivity contribution in [3.63, 3.8) is 0 Å². The number of nitrogens with zero attached hydrogens (tertiary/aromatic N) is 5. The molecule has 3 aromatic heterocycles. The van der Waals surface area contributed by atoms with Crippen molar-refractivity contribution in [1.82, 2.24) is 24.7 Å². The molecule has 1 saturated heterocycles. The summed E-state index contributed by atoms with van der Waals surface area (Å²) in [5.74, 6) is 1.79. The van der Waals surface area contributed by atoms with Crippen LogP contribution in [0.4, 0.5) is 11.5 Å². The Morgan fingerprint density at radius 2 is 1.82 bits per heavy atom. The second-order valence-corrected chi connectivity index (χ2v) is 9.55. The molecule has 0 spiro atoms. The number of aryl methyl sites for hydroxylation is 1. The van der Waals surface area contributed by atoms with Gasteiger partial charge in [-0.15, -0.1) is 0 Å². The highest BCUT2D eigenvalue weighted by atomic mass is 16.5. The molecule has 39 heavy (non-hydrogen) atoms. The molecular formula is C28H37N7O4. The Kier molecular flexibility index (Phi) is 9.15. The van der Waals surface area contributed by atoms with Crippen LogP contribution in [-0.4, -0.2) is 85.3 Å². The van der Waals surface area contributed by atoms with Gasteiger partial charge in [0.1, 0.15) is 12.4 Å². The van der Waals surface area contributed by atoms with Gasteiger partial charge >= 0.3 is 0 Å². The van der Waals surface area contributed by atoms with E-state index in [1.54, 1.807) is 14.2 Å². The molecule has 0 saturated carbocycles. The third-order valence-corrected chi connectivity index (χ3v) is 6.38. The first-order valence-corrected chi connectivity index (χ1v) is 13.0. The van der Waals surface area contributed by atoms with Gasteiger partial charge in [0.15, 0.2) is 6.29 Å². The summed E-state index contributed by atoms with van der Waals surface area (Å²) in [4.78, 5) is 26.9. The molecule has 2 atom stereocenters. The lowest BCUT2D eigenvalue weighted by atomic mass is 10.0. The van der Waals surface area contributed by atoms with E-state index in [0.29, 0.717) is 48.1 Å². The molecule has 1 unspecified atom stereocenters. The van der Waals surface area contributed by atoms with E-state index >= 15 is 0 Å². The van der Waals surface area contributed by atoms with Gasteiger partial charge in [-0.3, -0.25) is 9.20 Å². The lowest BCUT2D eigenvalue weighted by molar-refractivity contribution is 0.112. The average molecular weight is 536 g/mol. The molecule has 2 N–H and O–H groups in total. The van der Waals surface area contributed by atoms with E-state index in [2.05, 4.69) is 44.3 Å². The maximum absolute atomic E-state index is 11.5. The lowest BCUT2D eigenvalue weighted by Crippen LogP contribution is -2.54. The normalized spacial score (nSPS) is 17.0. The first-order chi connectivity index (χ1) is 18.9. The Balaban J connectivity index is 0.000000212. The van der Waals surface area contributed by atoms with Gasteiger partial charge in [-0.1, -0.05) is 0 Å². The summed E-state index contributed by atoms with van der Waals surface area (Å²) in [5.41, 5.74) is 4.05. The second kappa shape index (κ2) is 12.7. The Morgan fingerprint density at radius 1 is 1.05 bits per heavy atom. The van der Waals surface area contributed by atoms with Gasteiger partial charge in [0.2, 0.25) is 11.5 Å². The third kappa shape index (κ3) is 6.55. The molecule has 5 rings (SSSR count). The number of anilines is 2. The van der Waals surface area contributed by atoms with Crippen LogP contribution in [0.3, 0.4) is 0 Å². The molecule has 1 aliphatic rings. The molecule has 0 amide bonds. The minimum absolute atomic E-state index is 0.411. The Labute approximate surface area is 228 Å². The molecule has 208 valence electrons. The minimum atomic E-state index is 0.411. The van der Waals surface area contributed by atoms with E-state index in [9.17, 15) is 4.79 Å². The van der Waals surface area contributed by atoms with Crippen LogP contribution in [-0.2, 0) is 4.74 Å². The van der Waals surface area contributed by atoms with Gasteiger partial charge in [0.25, 0.3) is 5.88 Å². The first-order valence-electron chi connectivity index (χ1n) is 13.0. The molecule has 11 nitrogen and oxygen atoms in total. The largest absolute Gasteiger partial charge is 0.478 e. The molecule has 4 heterocycles. The maximum atomic E-state index is 11.5. The number of hydrogen-bond donors (Lipinski definition) is 2. The Morgan fingerprint density at radius 3 is 2.49 bits per heavy atom. The van der Waals surface area contributed by atoms with Crippen LogP contribution >= 0.6 is 0 Å². The van der Waals surface area contributed by atoms with E-state index < -0.39 is 0 Å². The van der Waals surface area contributed by atoms with Crippen LogP contribution in [0.2, 0.25) is 0 Å². The molecule has 0 aliphatic carbocycles. The van der Waals surface area contributed by atoms with E-state index in [1.165, 1.54) is 0 Å². The number of methoxy groups -OCH3 is 2. The smallest absolute Gasteiger partial charge is 0.260 e. The summed E-state index contributed by atoms with van der Waals surface area (Å²) in [6.45, 7) is 9.08. The zero-order valence-electron chi connectivity index (χ0n) is 23.4. The standard InChI is InChI=1S/C19H25N3O3.C9H12N4O/c1-13-10-22(11-14(2)20-13)17-6-4-15(12-23)19-16(17)5-7-18(21-19)25-9-8-24-3;1-6-4-13-5-7(10-2)12-9(14-3)8(13)11-6/h4-7,12-14,20H,8-11H2,1-3H3;4-5,10H,1-3H3/t13-,14?;/m1./s1. The molecule has 4 aromatic rings. The van der Waals surface area contributed by atoms with E-state index in [4.69, 9.17) is 14.2 Å². The fraction of sp³-hybridized carbons (Fsp3) is 0.429. The van der Waals surface area contributed by atoms with E-state index in [0.717, 1.165) is 47.6 Å². The highest BCUT2D eigenvalue weighted by molar-refractivity contribution is 6.02. The van der Waals surface area contributed by atoms with Crippen molar-refractivity contribution in [3.8, 4) is 11.8 Å². The van der Waals surface area contributed by atoms with Crippen molar-refractivity contribution in [2.75, 3.05) is 57.8 Å². The number of carbonyl (C=O) groups is 1. The molecule has 1 fully saturated rings. The van der Waals surface area contributed by atoms with Crippen molar-refractivity contribution in [3.05, 3.63) is 47.9 Å². The molecule has 11 heteroatoms. The summed E-state index contributed by atoms with van der Waals surface area (Å²) < 4.78 is 17.6. The lowest BCUT2D eigenvalue weighted by Gasteiger charge is -2.38. The quantitative estimate of drug-likeness (QED) is 0.257. The summed E-state index contributed by atoms with van der Waals surface area (Å²) >= 11 is 0. The minimum Gasteiger partial charge on any atom is -0.478 e. The highest BCUT2D eigenvalue weighted by Gasteiger charge is 2.23. The monoisotopic (exact) mass is 535 g/mol. The molecule has 0 bridgehead atoms. The number of aromatic nitrogens is 4. The Bertz CT molecular complexity index is 1410. The number of carbonyl (C=O) groups excluding carboxylic acids is 1. The molecule has 1 aliphatic heterocycles. The SMILES string of the molecule is CNc1cn2cc(C)nc2c(OC)n1.COCCOc1ccc2c(N3CC(C)N[C@H](C)C3)ccc(C=O)c2n1. The number of pyridine rings is 1. The zero-order valence-corrected chi connectivity index (χ0v) is 23.4. The molecule has 1 aromatic carbocycles. The number of nitrogens with one attached hydrogen (secondary N) is 2. The topological polar surface area (TPSA) is 115 Å². The van der Waals surface area contributed by atoms with Crippen molar-refractivity contribution in [1.29, 1.82) is 0 Å². The summed E-state index contributed by atoms with van der Waals surface area (Å²) in [5, 5.41) is 7.48. The van der Waals surface area contributed by atoms with Gasteiger partial charge < -0.3 is 29.7 Å². The van der Waals surface area contributed by atoms with E-state index in [-0.39, 0.29) is 0 Å². The summed E-state index contributed by atoms with van der Waals surface area (Å²) in [6, 6.07) is 8.52. The van der Waals surface area contributed by atoms with Gasteiger partial charge in [-0.05, 0) is 39.0 Å². The number of fused-ring (bicyclic) bond motifs is 2. The van der Waals surface area contributed by atoms with Crippen molar-refractivity contribution < 1.29 is 19.0 Å². The van der Waals surface area contributed by atoms with Gasteiger partial charge in [-0.2, -0.15) is 4.98 Å². The maximum Gasteiger partial charge on any atom is 0.260 e. The first kappa shape index (κ1) is 28.1.